The maximum absolute atomic E-state index is 13.6. The Labute approximate surface area is 347 Å². The van der Waals surface area contributed by atoms with Gasteiger partial charge in [0.25, 0.3) is 17.7 Å². The number of benzene rings is 2. The highest BCUT2D eigenvalue weighted by Gasteiger charge is 2.45. The zero-order valence-electron chi connectivity index (χ0n) is 34.1. The molecule has 15 nitrogen and oxygen atoms in total. The van der Waals surface area contributed by atoms with Gasteiger partial charge in [0.1, 0.15) is 11.9 Å². The Bertz CT molecular complexity index is 2560. The molecule has 4 fully saturated rings. The van der Waals surface area contributed by atoms with Gasteiger partial charge in [-0.3, -0.25) is 43.8 Å². The summed E-state index contributed by atoms with van der Waals surface area (Å²) in [5, 5.41) is 12.4. The van der Waals surface area contributed by atoms with Crippen LogP contribution in [0, 0.1) is 12.8 Å². The number of hydrogen-bond donors (Lipinski definition) is 3. The number of H-pyrrole nitrogens is 1. The first-order chi connectivity index (χ1) is 29.1. The number of likely N-dealkylation sites (tertiary alicyclic amines) is 2. The Kier molecular flexibility index (Phi) is 9.74. The Balaban J connectivity index is 0.738. The van der Waals surface area contributed by atoms with Crippen molar-refractivity contribution in [1.82, 2.24) is 39.8 Å². The predicted octanol–water partition coefficient (Wildman–Crippen LogP) is 5.19. The fourth-order valence-electron chi connectivity index (χ4n) is 10.2. The third kappa shape index (κ3) is 6.92. The van der Waals surface area contributed by atoms with E-state index in [-0.39, 0.29) is 30.7 Å². The summed E-state index contributed by atoms with van der Waals surface area (Å²) in [7, 11) is 2.16. The lowest BCUT2D eigenvalue weighted by atomic mass is 9.94. The summed E-state index contributed by atoms with van der Waals surface area (Å²) in [5.74, 6) is -1.09. The van der Waals surface area contributed by atoms with Crippen molar-refractivity contribution in [1.29, 1.82) is 0 Å². The summed E-state index contributed by atoms with van der Waals surface area (Å²) in [5.41, 5.74) is 6.18. The molecule has 2 aromatic carbocycles. The predicted molar refractivity (Wildman–Crippen MR) is 226 cm³/mol. The van der Waals surface area contributed by atoms with E-state index in [0.29, 0.717) is 34.5 Å². The molecule has 3 aromatic heterocycles. The number of amides is 5. The minimum atomic E-state index is -0.971. The number of nitrogens with zero attached hydrogens (tertiary/aromatic N) is 7. The lowest BCUT2D eigenvalue weighted by Crippen LogP contribution is -2.54. The van der Waals surface area contributed by atoms with E-state index in [0.717, 1.165) is 109 Å². The fourth-order valence-corrected chi connectivity index (χ4v) is 10.2. The van der Waals surface area contributed by atoms with E-state index in [1.165, 1.54) is 12.1 Å². The largest absolute Gasteiger partial charge is 0.371 e. The SMILES string of the molecule is Cc1nn(C2CCN(CC3CCN(c4ccc5c(c4)C(=O)N(C4CCC(=O)NC4=O)C5=O)CC3)CC2)c2cc(C(=O)Nc3cc4[nH]c([C@H]5CCCN5C)cc4cn3)ccc12. The molecule has 0 aliphatic carbocycles. The molecule has 0 spiro atoms. The minimum Gasteiger partial charge on any atom is -0.371 e. The van der Waals surface area contributed by atoms with Gasteiger partial charge >= 0.3 is 0 Å². The molecular weight excluding hydrogens is 761 g/mol. The molecule has 5 amide bonds. The summed E-state index contributed by atoms with van der Waals surface area (Å²) in [6.07, 6.45) is 8.37. The average molecular weight is 811 g/mol. The van der Waals surface area contributed by atoms with Gasteiger partial charge in [-0.05, 0) is 108 Å². The Morgan fingerprint density at radius 1 is 0.850 bits per heavy atom. The van der Waals surface area contributed by atoms with E-state index in [1.807, 2.05) is 43.5 Å². The quantitative estimate of drug-likeness (QED) is 0.177. The Morgan fingerprint density at radius 2 is 1.65 bits per heavy atom. The zero-order chi connectivity index (χ0) is 41.2. The number of imide groups is 2. The topological polar surface area (TPSA) is 169 Å². The molecule has 5 aliphatic heterocycles. The normalized spacial score (nSPS) is 22.4. The standard InChI is InChI=1S/C45H50N10O5/c1-26-32-7-5-28(42(57)48-40-23-35-29(24-46-40)20-36(47-35)37-4-3-15-51(37)2)21-39(32)55(50-26)30-13-16-52(17-14-30)25-27-11-18-53(19-12-27)31-6-8-33-34(22-31)45(60)54(44(33)59)38-9-10-41(56)49-43(38)58/h5-8,20-24,27,30,37-38,47H,3-4,9-19,25H2,1-2H3,(H,46,48,57)(H,49,56,58)/t37-,38?/m1/s1. The van der Waals surface area contributed by atoms with Gasteiger partial charge in [-0.15, -0.1) is 0 Å². The van der Waals surface area contributed by atoms with Crippen molar-refractivity contribution in [2.45, 2.75) is 76.4 Å². The lowest BCUT2D eigenvalue weighted by molar-refractivity contribution is -0.136. The summed E-state index contributed by atoms with van der Waals surface area (Å²) in [6.45, 7) is 7.81. The molecular formula is C45H50N10O5. The van der Waals surface area contributed by atoms with Crippen molar-refractivity contribution in [2.24, 2.45) is 5.92 Å². The molecule has 1 unspecified atom stereocenters. The van der Waals surface area contributed by atoms with Crippen molar-refractivity contribution >= 4 is 62.8 Å². The molecule has 0 bridgehead atoms. The van der Waals surface area contributed by atoms with Gasteiger partial charge in [-0.25, -0.2) is 4.98 Å². The summed E-state index contributed by atoms with van der Waals surface area (Å²) in [4.78, 5) is 80.6. The van der Waals surface area contributed by atoms with Gasteiger partial charge < -0.3 is 20.1 Å². The second-order valence-electron chi connectivity index (χ2n) is 17.4. The summed E-state index contributed by atoms with van der Waals surface area (Å²) >= 11 is 0. The molecule has 310 valence electrons. The number of anilines is 2. The fraction of sp³-hybridized carbons (Fsp3) is 0.444. The van der Waals surface area contributed by atoms with Crippen LogP contribution in [0.3, 0.4) is 0 Å². The van der Waals surface area contributed by atoms with Gasteiger partial charge in [-0.2, -0.15) is 5.10 Å². The third-order valence-corrected chi connectivity index (χ3v) is 13.6. The van der Waals surface area contributed by atoms with Crippen LogP contribution in [0.1, 0.15) is 106 Å². The van der Waals surface area contributed by atoms with Crippen LogP contribution in [0.4, 0.5) is 11.5 Å². The molecule has 3 N–H and O–H groups in total. The van der Waals surface area contributed by atoms with E-state index in [9.17, 15) is 24.0 Å². The van der Waals surface area contributed by atoms with Crippen LogP contribution < -0.4 is 15.5 Å². The maximum atomic E-state index is 13.6. The van der Waals surface area contributed by atoms with Crippen LogP contribution in [-0.4, -0.2) is 116 Å². The van der Waals surface area contributed by atoms with Crippen LogP contribution in [-0.2, 0) is 9.59 Å². The maximum Gasteiger partial charge on any atom is 0.262 e. The van der Waals surface area contributed by atoms with Crippen molar-refractivity contribution in [2.75, 3.05) is 56.5 Å². The number of carbonyl (C=O) groups is 5. The third-order valence-electron chi connectivity index (χ3n) is 13.6. The van der Waals surface area contributed by atoms with Gasteiger partial charge in [-0.1, -0.05) is 6.07 Å². The van der Waals surface area contributed by atoms with Gasteiger partial charge in [0, 0.05) is 85.2 Å². The monoisotopic (exact) mass is 810 g/mol. The van der Waals surface area contributed by atoms with E-state index in [1.54, 1.807) is 12.1 Å². The highest BCUT2D eigenvalue weighted by Crippen LogP contribution is 2.35. The Morgan fingerprint density at radius 3 is 2.42 bits per heavy atom. The average Bonchev–Trinajstić information content (AvgIpc) is 4.02. The molecule has 60 heavy (non-hydrogen) atoms. The molecule has 5 aliphatic rings. The zero-order valence-corrected chi connectivity index (χ0v) is 34.1. The van der Waals surface area contributed by atoms with E-state index in [4.69, 9.17) is 5.10 Å². The van der Waals surface area contributed by atoms with Gasteiger partial charge in [0.05, 0.1) is 33.9 Å². The molecule has 0 radical (unpaired) electrons. The lowest BCUT2D eigenvalue weighted by Gasteiger charge is -2.38. The molecule has 0 saturated carbocycles. The second-order valence-corrected chi connectivity index (χ2v) is 17.4. The first kappa shape index (κ1) is 38.3. The number of aromatic nitrogens is 4. The highest BCUT2D eigenvalue weighted by molar-refractivity contribution is 6.23. The van der Waals surface area contributed by atoms with Gasteiger partial charge in [0.2, 0.25) is 11.8 Å². The van der Waals surface area contributed by atoms with Crippen molar-refractivity contribution in [3.05, 3.63) is 82.8 Å². The number of fused-ring (bicyclic) bond motifs is 3. The van der Waals surface area contributed by atoms with Crippen molar-refractivity contribution in [3.8, 4) is 0 Å². The number of carbonyl (C=O) groups excluding carboxylic acids is 5. The Hall–Kier alpha value is -5.93. The van der Waals surface area contributed by atoms with Crippen LogP contribution in [0.15, 0.2) is 54.7 Å². The molecule has 8 heterocycles. The number of pyridine rings is 1. The van der Waals surface area contributed by atoms with Crippen LogP contribution >= 0.6 is 0 Å². The smallest absolute Gasteiger partial charge is 0.262 e. The number of rotatable bonds is 8. The number of aromatic amines is 1. The van der Waals surface area contributed by atoms with E-state index >= 15 is 0 Å². The molecule has 10 rings (SSSR count). The van der Waals surface area contributed by atoms with Gasteiger partial charge in [0.15, 0.2) is 0 Å². The number of aryl methyl sites for hydroxylation is 1. The van der Waals surface area contributed by atoms with E-state index in [2.05, 4.69) is 53.1 Å². The minimum absolute atomic E-state index is 0.0946. The molecule has 5 aromatic rings. The molecule has 2 atom stereocenters. The van der Waals surface area contributed by atoms with Crippen molar-refractivity contribution in [3.63, 3.8) is 0 Å². The van der Waals surface area contributed by atoms with Crippen LogP contribution in [0.5, 0.6) is 0 Å². The van der Waals surface area contributed by atoms with Crippen LogP contribution in [0.25, 0.3) is 21.8 Å². The highest BCUT2D eigenvalue weighted by atomic mass is 16.2. The first-order valence-corrected chi connectivity index (χ1v) is 21.4. The number of nitrogens with one attached hydrogen (secondary N) is 3. The summed E-state index contributed by atoms with van der Waals surface area (Å²) in [6, 6.07) is 15.0. The van der Waals surface area contributed by atoms with E-state index < -0.39 is 23.8 Å². The number of piperidine rings is 3. The first-order valence-electron chi connectivity index (χ1n) is 21.4. The molecule has 15 heteroatoms. The van der Waals surface area contributed by atoms with Crippen LogP contribution in [0.2, 0.25) is 0 Å². The molecule has 4 saturated heterocycles. The second kappa shape index (κ2) is 15.3. The number of hydrogen-bond acceptors (Lipinski definition) is 10. The van der Waals surface area contributed by atoms with Crippen molar-refractivity contribution < 1.29 is 24.0 Å². The summed E-state index contributed by atoms with van der Waals surface area (Å²) < 4.78 is 2.14.